The number of rotatable bonds is 4. The summed E-state index contributed by atoms with van der Waals surface area (Å²) in [4.78, 5) is 36.1. The molecule has 0 spiro atoms. The predicted octanol–water partition coefficient (Wildman–Crippen LogP) is 1.99. The first-order valence-electron chi connectivity index (χ1n) is 8.38. The Morgan fingerprint density at radius 1 is 1.04 bits per heavy atom. The number of anilines is 1. The van der Waals surface area contributed by atoms with Crippen molar-refractivity contribution in [3.63, 3.8) is 0 Å². The second kappa shape index (κ2) is 7.79. The van der Waals surface area contributed by atoms with Crippen molar-refractivity contribution < 1.29 is 27.9 Å². The zero-order valence-corrected chi connectivity index (χ0v) is 14.5. The first-order valence-corrected chi connectivity index (χ1v) is 8.38. The van der Waals surface area contributed by atoms with Gasteiger partial charge in [0.2, 0.25) is 0 Å². The summed E-state index contributed by atoms with van der Waals surface area (Å²) in [6.45, 7) is 1.04. The molecule has 1 aliphatic heterocycles. The van der Waals surface area contributed by atoms with E-state index in [1.54, 1.807) is 0 Å². The van der Waals surface area contributed by atoms with Crippen molar-refractivity contribution >= 4 is 17.7 Å². The quantitative estimate of drug-likeness (QED) is 0.815. The standard InChI is InChI=1S/C17H16F3N5O3/c18-17(19,20)10-1-2-14(23-7-10)25-5-3-11(4-6-25)24-15(26)12-8-22-13(9-21-12)16(27)28/h1-2,7-9,11H,3-6H2,(H,24,26)(H,27,28). The molecule has 0 aromatic carbocycles. The van der Waals surface area contributed by atoms with Gasteiger partial charge in [0.1, 0.15) is 11.5 Å². The van der Waals surface area contributed by atoms with Gasteiger partial charge in [-0.2, -0.15) is 13.2 Å². The van der Waals surface area contributed by atoms with Crippen LogP contribution in [0.4, 0.5) is 19.0 Å². The number of pyridine rings is 1. The summed E-state index contributed by atoms with van der Waals surface area (Å²) in [6, 6.07) is 2.19. The summed E-state index contributed by atoms with van der Waals surface area (Å²) in [7, 11) is 0. The number of carboxylic acid groups (broad SMARTS) is 1. The number of carbonyl (C=O) groups is 2. The van der Waals surface area contributed by atoms with Crippen LogP contribution in [0.5, 0.6) is 0 Å². The number of carboxylic acids is 1. The zero-order valence-electron chi connectivity index (χ0n) is 14.5. The molecule has 0 unspecified atom stereocenters. The zero-order chi connectivity index (χ0) is 20.3. The van der Waals surface area contributed by atoms with Gasteiger partial charge in [-0.3, -0.25) is 4.79 Å². The maximum absolute atomic E-state index is 12.6. The molecular formula is C17H16F3N5O3. The van der Waals surface area contributed by atoms with E-state index >= 15 is 0 Å². The van der Waals surface area contributed by atoms with E-state index in [1.807, 2.05) is 4.90 Å². The number of nitrogens with one attached hydrogen (secondary N) is 1. The van der Waals surface area contributed by atoms with E-state index in [9.17, 15) is 22.8 Å². The summed E-state index contributed by atoms with van der Waals surface area (Å²) in [6.07, 6.45) is -0.350. The normalized spacial score (nSPS) is 15.3. The lowest BCUT2D eigenvalue weighted by molar-refractivity contribution is -0.137. The first-order chi connectivity index (χ1) is 13.2. The molecule has 0 atom stereocenters. The summed E-state index contributed by atoms with van der Waals surface area (Å²) in [5, 5.41) is 11.6. The highest BCUT2D eigenvalue weighted by atomic mass is 19.4. The van der Waals surface area contributed by atoms with Crippen LogP contribution < -0.4 is 10.2 Å². The van der Waals surface area contributed by atoms with Gasteiger partial charge in [0.25, 0.3) is 5.91 Å². The number of aromatic nitrogens is 3. The van der Waals surface area contributed by atoms with Crippen molar-refractivity contribution in [3.8, 4) is 0 Å². The lowest BCUT2D eigenvalue weighted by Gasteiger charge is -2.33. The van der Waals surface area contributed by atoms with Crippen LogP contribution in [0.3, 0.4) is 0 Å². The van der Waals surface area contributed by atoms with Gasteiger partial charge in [-0.25, -0.2) is 19.7 Å². The monoisotopic (exact) mass is 395 g/mol. The molecule has 1 amide bonds. The molecule has 8 nitrogen and oxygen atoms in total. The molecule has 2 aromatic heterocycles. The molecule has 1 saturated heterocycles. The number of hydrogen-bond donors (Lipinski definition) is 2. The average Bonchev–Trinajstić information content (AvgIpc) is 2.68. The lowest BCUT2D eigenvalue weighted by Crippen LogP contribution is -2.45. The Balaban J connectivity index is 1.53. The van der Waals surface area contributed by atoms with E-state index in [4.69, 9.17) is 5.11 Å². The molecule has 11 heteroatoms. The van der Waals surface area contributed by atoms with Crippen LogP contribution in [0.1, 0.15) is 39.4 Å². The van der Waals surface area contributed by atoms with Gasteiger partial charge in [-0.15, -0.1) is 0 Å². The predicted molar refractivity (Wildman–Crippen MR) is 90.9 cm³/mol. The minimum atomic E-state index is -4.42. The van der Waals surface area contributed by atoms with Crippen LogP contribution in [0.25, 0.3) is 0 Å². The van der Waals surface area contributed by atoms with Crippen molar-refractivity contribution in [1.82, 2.24) is 20.3 Å². The molecule has 2 aromatic rings. The number of carbonyl (C=O) groups excluding carboxylic acids is 1. The Hall–Kier alpha value is -3.24. The molecule has 3 heterocycles. The highest BCUT2D eigenvalue weighted by Crippen LogP contribution is 2.29. The molecule has 0 radical (unpaired) electrons. The van der Waals surface area contributed by atoms with Gasteiger partial charge >= 0.3 is 12.1 Å². The van der Waals surface area contributed by atoms with Crippen LogP contribution in [0.2, 0.25) is 0 Å². The summed E-state index contributed by atoms with van der Waals surface area (Å²) < 4.78 is 37.8. The number of aromatic carboxylic acids is 1. The number of hydrogen-bond acceptors (Lipinski definition) is 6. The molecule has 28 heavy (non-hydrogen) atoms. The fourth-order valence-electron chi connectivity index (χ4n) is 2.81. The van der Waals surface area contributed by atoms with Crippen LogP contribution in [-0.4, -0.2) is 51.1 Å². The van der Waals surface area contributed by atoms with E-state index in [0.29, 0.717) is 31.7 Å². The first kappa shape index (κ1) is 19.5. The van der Waals surface area contributed by atoms with Gasteiger partial charge in [-0.05, 0) is 25.0 Å². The molecule has 3 rings (SSSR count). The maximum Gasteiger partial charge on any atom is 0.417 e. The fraction of sp³-hybridized carbons (Fsp3) is 0.353. The number of piperidine rings is 1. The molecule has 0 bridgehead atoms. The maximum atomic E-state index is 12.6. The number of nitrogens with zero attached hydrogens (tertiary/aromatic N) is 4. The lowest BCUT2D eigenvalue weighted by atomic mass is 10.0. The van der Waals surface area contributed by atoms with E-state index < -0.39 is 23.6 Å². The van der Waals surface area contributed by atoms with Crippen LogP contribution in [-0.2, 0) is 6.18 Å². The van der Waals surface area contributed by atoms with Crippen LogP contribution in [0, 0.1) is 0 Å². The molecule has 2 N–H and O–H groups in total. The van der Waals surface area contributed by atoms with E-state index in [0.717, 1.165) is 24.7 Å². The van der Waals surface area contributed by atoms with Crippen LogP contribution in [0.15, 0.2) is 30.7 Å². The Labute approximate surface area is 157 Å². The minimum Gasteiger partial charge on any atom is -0.476 e. The highest BCUT2D eigenvalue weighted by molar-refractivity contribution is 5.92. The second-order valence-electron chi connectivity index (χ2n) is 6.23. The SMILES string of the molecule is O=C(O)c1cnc(C(=O)NC2CCN(c3ccc(C(F)(F)F)cn3)CC2)cn1. The van der Waals surface area contributed by atoms with Crippen molar-refractivity contribution in [2.45, 2.75) is 25.1 Å². The summed E-state index contributed by atoms with van der Waals surface area (Å²) in [5.41, 5.74) is -1.04. The fourth-order valence-corrected chi connectivity index (χ4v) is 2.81. The molecule has 1 fully saturated rings. The van der Waals surface area contributed by atoms with Crippen molar-refractivity contribution in [2.75, 3.05) is 18.0 Å². The van der Waals surface area contributed by atoms with Crippen molar-refractivity contribution in [3.05, 3.63) is 47.7 Å². The van der Waals surface area contributed by atoms with Gasteiger partial charge < -0.3 is 15.3 Å². The van der Waals surface area contributed by atoms with Crippen molar-refractivity contribution in [2.24, 2.45) is 0 Å². The highest BCUT2D eigenvalue weighted by Gasteiger charge is 2.31. The molecule has 1 aliphatic rings. The number of alkyl halides is 3. The Morgan fingerprint density at radius 3 is 2.18 bits per heavy atom. The topological polar surface area (TPSA) is 108 Å². The van der Waals surface area contributed by atoms with Gasteiger partial charge in [0.15, 0.2) is 5.69 Å². The number of halogens is 3. The second-order valence-corrected chi connectivity index (χ2v) is 6.23. The number of amides is 1. The van der Waals surface area contributed by atoms with E-state index in [-0.39, 0.29) is 17.4 Å². The smallest absolute Gasteiger partial charge is 0.417 e. The van der Waals surface area contributed by atoms with Gasteiger partial charge in [0, 0.05) is 25.3 Å². The van der Waals surface area contributed by atoms with Gasteiger partial charge in [0.05, 0.1) is 18.0 Å². The van der Waals surface area contributed by atoms with E-state index in [1.165, 1.54) is 6.07 Å². The van der Waals surface area contributed by atoms with E-state index in [2.05, 4.69) is 20.3 Å². The Morgan fingerprint density at radius 2 is 1.68 bits per heavy atom. The Bertz CT molecular complexity index is 848. The molecule has 0 saturated carbocycles. The largest absolute Gasteiger partial charge is 0.476 e. The summed E-state index contributed by atoms with van der Waals surface area (Å²) in [5.74, 6) is -1.24. The molecule has 148 valence electrons. The third-order valence-corrected chi connectivity index (χ3v) is 4.33. The Kier molecular flexibility index (Phi) is 5.43. The van der Waals surface area contributed by atoms with Crippen LogP contribution >= 0.6 is 0 Å². The molecular weight excluding hydrogens is 379 g/mol. The molecule has 0 aliphatic carbocycles. The van der Waals surface area contributed by atoms with Crippen molar-refractivity contribution in [1.29, 1.82) is 0 Å². The third kappa shape index (κ3) is 4.53. The third-order valence-electron chi connectivity index (χ3n) is 4.33. The minimum absolute atomic E-state index is 0.0110. The average molecular weight is 395 g/mol. The van der Waals surface area contributed by atoms with Gasteiger partial charge in [-0.1, -0.05) is 0 Å². The summed E-state index contributed by atoms with van der Waals surface area (Å²) >= 11 is 0.